The maximum absolute atomic E-state index is 6.32. The molecule has 2 saturated heterocycles. The average Bonchev–Trinajstić information content (AvgIpc) is 3.16. The number of ether oxygens (including phenoxy) is 3. The highest BCUT2D eigenvalue weighted by atomic mass is 35.5. The van der Waals surface area contributed by atoms with E-state index in [1.807, 2.05) is 12.1 Å². The quantitative estimate of drug-likeness (QED) is 0.779. The van der Waals surface area contributed by atoms with Crippen LogP contribution in [0.4, 0.5) is 0 Å². The molecule has 0 aliphatic carbocycles. The molecule has 1 aromatic heterocycles. The molecule has 2 aliphatic rings. The summed E-state index contributed by atoms with van der Waals surface area (Å²) in [5, 5.41) is 4.63. The van der Waals surface area contributed by atoms with Gasteiger partial charge in [0.1, 0.15) is 29.1 Å². The van der Waals surface area contributed by atoms with Crippen molar-refractivity contribution >= 4 is 22.5 Å². The summed E-state index contributed by atoms with van der Waals surface area (Å²) in [4.78, 5) is 8.46. The van der Waals surface area contributed by atoms with Gasteiger partial charge in [-0.05, 0) is 25.8 Å². The second-order valence-corrected chi connectivity index (χ2v) is 7.20. The fourth-order valence-electron chi connectivity index (χ4n) is 3.56. The van der Waals surface area contributed by atoms with Crippen LogP contribution in [0.3, 0.4) is 0 Å². The monoisotopic (exact) mass is 377 g/mol. The van der Waals surface area contributed by atoms with E-state index in [-0.39, 0.29) is 6.10 Å². The van der Waals surface area contributed by atoms with Crippen LogP contribution in [-0.4, -0.2) is 48.5 Å². The van der Waals surface area contributed by atoms with Gasteiger partial charge in [0, 0.05) is 31.0 Å². The number of rotatable bonds is 6. The number of aromatic nitrogens is 2. The largest absolute Gasteiger partial charge is 0.493 e. The van der Waals surface area contributed by atoms with Gasteiger partial charge in [0.15, 0.2) is 0 Å². The highest BCUT2D eigenvalue weighted by Gasteiger charge is 2.19. The molecule has 0 spiro atoms. The zero-order valence-electron chi connectivity index (χ0n) is 14.7. The smallest absolute Gasteiger partial charge is 0.144 e. The second-order valence-electron chi connectivity index (χ2n) is 6.84. The third-order valence-electron chi connectivity index (χ3n) is 4.99. The zero-order valence-corrected chi connectivity index (χ0v) is 15.5. The number of hydrogen-bond acceptors (Lipinski definition) is 6. The van der Waals surface area contributed by atoms with Crippen LogP contribution in [0.5, 0.6) is 11.5 Å². The van der Waals surface area contributed by atoms with Crippen molar-refractivity contribution in [1.29, 1.82) is 0 Å². The van der Waals surface area contributed by atoms with Crippen molar-refractivity contribution in [2.75, 3.05) is 26.4 Å². The first-order valence-corrected chi connectivity index (χ1v) is 9.72. The van der Waals surface area contributed by atoms with Crippen LogP contribution in [0.2, 0.25) is 5.15 Å². The number of hydrogen-bond donors (Lipinski definition) is 1. The summed E-state index contributed by atoms with van der Waals surface area (Å²) in [6.07, 6.45) is 6.78. The van der Waals surface area contributed by atoms with Crippen molar-refractivity contribution < 1.29 is 14.2 Å². The molecule has 4 rings (SSSR count). The fourth-order valence-corrected chi connectivity index (χ4v) is 3.80. The highest BCUT2D eigenvalue weighted by Crippen LogP contribution is 2.35. The molecule has 1 aromatic carbocycles. The molecule has 2 aromatic rings. The Bertz CT molecular complexity index is 746. The molecule has 2 aliphatic heterocycles. The van der Waals surface area contributed by atoms with Gasteiger partial charge in [-0.3, -0.25) is 0 Å². The van der Waals surface area contributed by atoms with Gasteiger partial charge >= 0.3 is 0 Å². The molecule has 3 heterocycles. The number of halogens is 1. The van der Waals surface area contributed by atoms with Gasteiger partial charge in [-0.25, -0.2) is 9.97 Å². The van der Waals surface area contributed by atoms with Gasteiger partial charge < -0.3 is 19.5 Å². The van der Waals surface area contributed by atoms with Crippen LogP contribution in [0, 0.1) is 0 Å². The zero-order chi connectivity index (χ0) is 17.8. The summed E-state index contributed by atoms with van der Waals surface area (Å²) in [5.74, 6) is 1.45. The van der Waals surface area contributed by atoms with Gasteiger partial charge in [-0.15, -0.1) is 0 Å². The average molecular weight is 378 g/mol. The molecule has 1 N–H and O–H groups in total. The van der Waals surface area contributed by atoms with E-state index in [4.69, 9.17) is 25.8 Å². The first-order valence-electron chi connectivity index (χ1n) is 9.34. The van der Waals surface area contributed by atoms with Crippen molar-refractivity contribution in [1.82, 2.24) is 15.3 Å². The topological polar surface area (TPSA) is 65.5 Å². The Morgan fingerprint density at radius 2 is 2.08 bits per heavy atom. The Morgan fingerprint density at radius 1 is 1.19 bits per heavy atom. The molecule has 6 nitrogen and oxygen atoms in total. The van der Waals surface area contributed by atoms with E-state index in [0.717, 1.165) is 55.7 Å². The van der Waals surface area contributed by atoms with Gasteiger partial charge in [-0.1, -0.05) is 11.6 Å². The van der Waals surface area contributed by atoms with Crippen molar-refractivity contribution in [2.45, 2.75) is 44.2 Å². The molecular formula is C19H24ClN3O3. The molecule has 140 valence electrons. The number of benzene rings is 1. The van der Waals surface area contributed by atoms with Crippen LogP contribution in [0.1, 0.15) is 32.1 Å². The Balaban J connectivity index is 1.53. The minimum Gasteiger partial charge on any atom is -0.493 e. The summed E-state index contributed by atoms with van der Waals surface area (Å²) in [5.41, 5.74) is 0.739. The lowest BCUT2D eigenvalue weighted by molar-refractivity contribution is 0.0261. The van der Waals surface area contributed by atoms with E-state index in [1.165, 1.54) is 19.2 Å². The van der Waals surface area contributed by atoms with Crippen molar-refractivity contribution in [3.8, 4) is 11.5 Å². The minimum atomic E-state index is 0.112. The molecule has 0 saturated carbocycles. The van der Waals surface area contributed by atoms with Gasteiger partial charge in [0.2, 0.25) is 0 Å². The van der Waals surface area contributed by atoms with Crippen LogP contribution in [0.25, 0.3) is 10.9 Å². The minimum absolute atomic E-state index is 0.112. The standard InChI is InChI=1S/C19H24ClN3O3/c20-19-18-16(22-12-23-19)10-15(25-9-3-13-2-1-6-21-13)11-17(18)26-14-4-7-24-8-5-14/h10-14,21H,1-9H2. The van der Waals surface area contributed by atoms with Crippen LogP contribution in [-0.2, 0) is 4.74 Å². The molecule has 7 heteroatoms. The highest BCUT2D eigenvalue weighted by molar-refractivity contribution is 6.34. The lowest BCUT2D eigenvalue weighted by Gasteiger charge is -2.24. The molecule has 1 atom stereocenters. The predicted molar refractivity (Wildman–Crippen MR) is 100 cm³/mol. The Morgan fingerprint density at radius 3 is 2.88 bits per heavy atom. The molecule has 1 unspecified atom stereocenters. The third-order valence-corrected chi connectivity index (χ3v) is 5.28. The molecule has 2 fully saturated rings. The van der Waals surface area contributed by atoms with E-state index in [9.17, 15) is 0 Å². The van der Waals surface area contributed by atoms with E-state index in [0.29, 0.717) is 23.6 Å². The Labute approximate surface area is 158 Å². The van der Waals surface area contributed by atoms with Crippen LogP contribution >= 0.6 is 11.6 Å². The first-order chi connectivity index (χ1) is 12.8. The van der Waals surface area contributed by atoms with Crippen molar-refractivity contribution in [3.05, 3.63) is 23.6 Å². The van der Waals surface area contributed by atoms with Gasteiger partial charge in [0.25, 0.3) is 0 Å². The van der Waals surface area contributed by atoms with Gasteiger partial charge in [0.05, 0.1) is 30.7 Å². The Kier molecular flexibility index (Phi) is 5.72. The van der Waals surface area contributed by atoms with Crippen molar-refractivity contribution in [3.63, 3.8) is 0 Å². The van der Waals surface area contributed by atoms with E-state index >= 15 is 0 Å². The first kappa shape index (κ1) is 17.8. The van der Waals surface area contributed by atoms with E-state index in [2.05, 4.69) is 15.3 Å². The molecule has 0 bridgehead atoms. The number of nitrogens with zero attached hydrogens (tertiary/aromatic N) is 2. The molecule has 26 heavy (non-hydrogen) atoms. The summed E-state index contributed by atoms with van der Waals surface area (Å²) in [7, 11) is 0. The third kappa shape index (κ3) is 4.19. The summed E-state index contributed by atoms with van der Waals surface area (Å²) >= 11 is 6.32. The van der Waals surface area contributed by atoms with Gasteiger partial charge in [-0.2, -0.15) is 0 Å². The normalized spacial score (nSPS) is 21.2. The summed E-state index contributed by atoms with van der Waals surface area (Å²) in [6, 6.07) is 4.38. The molecule has 0 amide bonds. The molecule has 0 radical (unpaired) electrons. The fraction of sp³-hybridized carbons (Fsp3) is 0.579. The van der Waals surface area contributed by atoms with Crippen LogP contribution < -0.4 is 14.8 Å². The lowest BCUT2D eigenvalue weighted by Crippen LogP contribution is -2.26. The summed E-state index contributed by atoms with van der Waals surface area (Å²) in [6.45, 7) is 3.21. The maximum Gasteiger partial charge on any atom is 0.144 e. The Hall–Kier alpha value is -1.63. The van der Waals surface area contributed by atoms with Crippen molar-refractivity contribution in [2.24, 2.45) is 0 Å². The summed E-state index contributed by atoms with van der Waals surface area (Å²) < 4.78 is 17.6. The van der Waals surface area contributed by atoms with Crippen LogP contribution in [0.15, 0.2) is 18.5 Å². The van der Waals surface area contributed by atoms with E-state index in [1.54, 1.807) is 0 Å². The second kappa shape index (κ2) is 8.37. The molecular weight excluding hydrogens is 354 g/mol. The maximum atomic E-state index is 6.32. The van der Waals surface area contributed by atoms with E-state index < -0.39 is 0 Å². The number of fused-ring (bicyclic) bond motifs is 1. The number of nitrogens with one attached hydrogen (secondary N) is 1. The SMILES string of the molecule is Clc1ncnc2cc(OCCC3CCCN3)cc(OC3CCOCC3)c12. The predicted octanol–water partition coefficient (Wildman–Crippen LogP) is 3.36. The lowest BCUT2D eigenvalue weighted by atomic mass is 10.1.